The van der Waals surface area contributed by atoms with E-state index >= 15 is 0 Å². The van der Waals surface area contributed by atoms with Crippen LogP contribution in [0.2, 0.25) is 0 Å². The highest BCUT2D eigenvalue weighted by Crippen LogP contribution is 2.35. The minimum Gasteiger partial charge on any atom is -0.395 e. The van der Waals surface area contributed by atoms with E-state index in [-0.39, 0.29) is 24.0 Å². The van der Waals surface area contributed by atoms with Crippen molar-refractivity contribution in [1.29, 1.82) is 0 Å². The fourth-order valence-corrected chi connectivity index (χ4v) is 3.91. The van der Waals surface area contributed by atoms with Crippen LogP contribution >= 0.6 is 11.3 Å². The molecule has 0 radical (unpaired) electrons. The zero-order chi connectivity index (χ0) is 16.9. The first-order chi connectivity index (χ1) is 10.9. The highest BCUT2D eigenvalue weighted by Gasteiger charge is 2.29. The Hall–Kier alpha value is -0.950. The number of nitrogens with one attached hydrogen (secondary N) is 1. The van der Waals surface area contributed by atoms with Gasteiger partial charge in [-0.1, -0.05) is 26.8 Å². The van der Waals surface area contributed by atoms with E-state index in [9.17, 15) is 4.79 Å². The average molecular weight is 340 g/mol. The van der Waals surface area contributed by atoms with Gasteiger partial charge in [-0.05, 0) is 16.9 Å². The van der Waals surface area contributed by atoms with Gasteiger partial charge in [-0.15, -0.1) is 11.3 Å². The molecule has 1 saturated heterocycles. The number of aliphatic hydroxyl groups excluding tert-OH is 1. The molecule has 1 atom stereocenters. The molecule has 5 nitrogen and oxygen atoms in total. The van der Waals surface area contributed by atoms with Crippen LogP contribution in [0.4, 0.5) is 0 Å². The lowest BCUT2D eigenvalue weighted by atomic mass is 9.85. The molecule has 1 aromatic rings. The van der Waals surface area contributed by atoms with Crippen molar-refractivity contribution < 1.29 is 9.90 Å². The molecular formula is C17H29N3O2S. The van der Waals surface area contributed by atoms with Gasteiger partial charge < -0.3 is 10.4 Å². The summed E-state index contributed by atoms with van der Waals surface area (Å²) >= 11 is 1.69. The molecule has 2 N–H and O–H groups in total. The summed E-state index contributed by atoms with van der Waals surface area (Å²) in [6, 6.07) is 4.17. The first-order valence-corrected chi connectivity index (χ1v) is 9.16. The minimum atomic E-state index is -0.0136. The Balaban J connectivity index is 1.86. The second kappa shape index (κ2) is 8.24. The van der Waals surface area contributed by atoms with E-state index in [1.165, 1.54) is 4.88 Å². The Labute approximate surface area is 143 Å². The van der Waals surface area contributed by atoms with Gasteiger partial charge in [0.1, 0.15) is 0 Å². The summed E-state index contributed by atoms with van der Waals surface area (Å²) in [6.45, 7) is 11.5. The molecule has 0 saturated carbocycles. The van der Waals surface area contributed by atoms with Gasteiger partial charge in [0, 0.05) is 37.6 Å². The highest BCUT2D eigenvalue weighted by molar-refractivity contribution is 7.10. The zero-order valence-electron chi connectivity index (χ0n) is 14.4. The topological polar surface area (TPSA) is 55.8 Å². The van der Waals surface area contributed by atoms with Gasteiger partial charge in [0.25, 0.3) is 0 Å². The Kier molecular flexibility index (Phi) is 6.59. The Morgan fingerprint density at radius 3 is 2.48 bits per heavy atom. The van der Waals surface area contributed by atoms with Gasteiger partial charge in [0.2, 0.25) is 5.91 Å². The van der Waals surface area contributed by atoms with Crippen LogP contribution in [0.3, 0.4) is 0 Å². The van der Waals surface area contributed by atoms with E-state index in [4.69, 9.17) is 5.11 Å². The molecule has 2 rings (SSSR count). The van der Waals surface area contributed by atoms with Gasteiger partial charge in [0.15, 0.2) is 0 Å². The van der Waals surface area contributed by atoms with Crippen molar-refractivity contribution in [3.63, 3.8) is 0 Å². The lowest BCUT2D eigenvalue weighted by Gasteiger charge is -2.35. The van der Waals surface area contributed by atoms with Gasteiger partial charge in [-0.3, -0.25) is 14.6 Å². The predicted molar refractivity (Wildman–Crippen MR) is 94.6 cm³/mol. The maximum Gasteiger partial charge on any atom is 0.234 e. The molecule has 0 aliphatic carbocycles. The number of thiophene rings is 1. The lowest BCUT2D eigenvalue weighted by Crippen LogP contribution is -2.50. The third-order valence-corrected chi connectivity index (χ3v) is 5.18. The van der Waals surface area contributed by atoms with Gasteiger partial charge in [0.05, 0.1) is 19.2 Å². The number of rotatable bonds is 6. The normalized spacial score (nSPS) is 18.8. The predicted octanol–water partition coefficient (Wildman–Crippen LogP) is 1.56. The summed E-state index contributed by atoms with van der Waals surface area (Å²) in [4.78, 5) is 18.1. The summed E-state index contributed by atoms with van der Waals surface area (Å²) in [5, 5.41) is 14.3. The molecule has 130 valence electrons. The van der Waals surface area contributed by atoms with E-state index in [0.717, 1.165) is 32.7 Å². The lowest BCUT2D eigenvalue weighted by molar-refractivity contribution is -0.124. The summed E-state index contributed by atoms with van der Waals surface area (Å²) in [7, 11) is 0. The van der Waals surface area contributed by atoms with E-state index in [1.807, 2.05) is 6.07 Å². The number of hydrogen-bond acceptors (Lipinski definition) is 5. The largest absolute Gasteiger partial charge is 0.395 e. The maximum atomic E-state index is 12.5. The molecule has 0 bridgehead atoms. The average Bonchev–Trinajstić information content (AvgIpc) is 3.00. The smallest absolute Gasteiger partial charge is 0.234 e. The van der Waals surface area contributed by atoms with Crippen molar-refractivity contribution >= 4 is 17.2 Å². The third-order valence-electron chi connectivity index (χ3n) is 4.25. The number of hydrogen-bond donors (Lipinski definition) is 2. The van der Waals surface area contributed by atoms with Gasteiger partial charge >= 0.3 is 0 Å². The molecule has 1 amide bonds. The maximum absolute atomic E-state index is 12.5. The minimum absolute atomic E-state index is 0.0136. The summed E-state index contributed by atoms with van der Waals surface area (Å²) in [5.41, 5.74) is -0.0136. The van der Waals surface area contributed by atoms with Crippen LogP contribution in [-0.4, -0.2) is 66.7 Å². The standard InChI is InChI=1S/C17H29N3O2S/c1-17(2,3)16(14-5-4-12-23-14)18-15(22)13-20-8-6-19(7-9-20)10-11-21/h4-5,12,16,21H,6-11,13H2,1-3H3,(H,18,22). The van der Waals surface area contributed by atoms with Crippen LogP contribution in [0, 0.1) is 5.41 Å². The molecule has 0 aromatic carbocycles. The summed E-state index contributed by atoms with van der Waals surface area (Å²) < 4.78 is 0. The molecule has 0 spiro atoms. The Morgan fingerprint density at radius 1 is 1.30 bits per heavy atom. The fraction of sp³-hybridized carbons (Fsp3) is 0.706. The van der Waals surface area contributed by atoms with Crippen LogP contribution in [0.5, 0.6) is 0 Å². The van der Waals surface area contributed by atoms with Gasteiger partial charge in [-0.25, -0.2) is 0 Å². The Bertz CT molecular complexity index is 477. The van der Waals surface area contributed by atoms with Crippen molar-refractivity contribution in [3.8, 4) is 0 Å². The molecule has 1 aliphatic heterocycles. The number of carbonyl (C=O) groups is 1. The van der Waals surface area contributed by atoms with E-state index in [1.54, 1.807) is 11.3 Å². The van der Waals surface area contributed by atoms with E-state index < -0.39 is 0 Å². The molecular weight excluding hydrogens is 310 g/mol. The molecule has 23 heavy (non-hydrogen) atoms. The second-order valence-corrected chi connectivity index (χ2v) is 8.20. The molecule has 6 heteroatoms. The first-order valence-electron chi connectivity index (χ1n) is 8.28. The zero-order valence-corrected chi connectivity index (χ0v) is 15.2. The molecule has 2 heterocycles. The fourth-order valence-electron chi connectivity index (χ4n) is 2.89. The van der Waals surface area contributed by atoms with Crippen LogP contribution < -0.4 is 5.32 Å². The van der Waals surface area contributed by atoms with Crippen molar-refractivity contribution in [3.05, 3.63) is 22.4 Å². The first kappa shape index (κ1) is 18.4. The number of nitrogens with zero attached hydrogens (tertiary/aromatic N) is 2. The van der Waals surface area contributed by atoms with Crippen molar-refractivity contribution in [2.75, 3.05) is 45.9 Å². The van der Waals surface area contributed by atoms with E-state index in [0.29, 0.717) is 6.54 Å². The van der Waals surface area contributed by atoms with Crippen LogP contribution in [-0.2, 0) is 4.79 Å². The van der Waals surface area contributed by atoms with Crippen LogP contribution in [0.15, 0.2) is 17.5 Å². The summed E-state index contributed by atoms with van der Waals surface area (Å²) in [5.74, 6) is 0.0916. The molecule has 1 aliphatic rings. The van der Waals surface area contributed by atoms with E-state index in [2.05, 4.69) is 47.3 Å². The molecule has 1 fully saturated rings. The monoisotopic (exact) mass is 339 g/mol. The number of carbonyl (C=O) groups excluding carboxylic acids is 1. The number of β-amino-alcohol motifs (C(OH)–C–C–N with tert-alkyl or cyclic N) is 1. The quantitative estimate of drug-likeness (QED) is 0.826. The summed E-state index contributed by atoms with van der Waals surface area (Å²) in [6.07, 6.45) is 0. The number of amides is 1. The number of piperazine rings is 1. The van der Waals surface area contributed by atoms with Gasteiger partial charge in [-0.2, -0.15) is 0 Å². The van der Waals surface area contributed by atoms with Crippen LogP contribution in [0.25, 0.3) is 0 Å². The highest BCUT2D eigenvalue weighted by atomic mass is 32.1. The van der Waals surface area contributed by atoms with Crippen LogP contribution in [0.1, 0.15) is 31.7 Å². The SMILES string of the molecule is CC(C)(C)C(NC(=O)CN1CCN(CCO)CC1)c1cccs1. The van der Waals surface area contributed by atoms with Crippen molar-refractivity contribution in [2.24, 2.45) is 5.41 Å². The Morgan fingerprint density at radius 2 is 1.96 bits per heavy atom. The third kappa shape index (κ3) is 5.57. The second-order valence-electron chi connectivity index (χ2n) is 7.22. The number of aliphatic hydroxyl groups is 1. The molecule has 1 aromatic heterocycles. The van der Waals surface area contributed by atoms with Crippen molar-refractivity contribution in [2.45, 2.75) is 26.8 Å². The molecule has 1 unspecified atom stereocenters. The van der Waals surface area contributed by atoms with Crippen molar-refractivity contribution in [1.82, 2.24) is 15.1 Å².